The van der Waals surface area contributed by atoms with Crippen molar-refractivity contribution in [3.63, 3.8) is 0 Å². The Bertz CT molecular complexity index is 369. The molecule has 0 amide bonds. The van der Waals surface area contributed by atoms with E-state index in [9.17, 15) is 0 Å². The predicted octanol–water partition coefficient (Wildman–Crippen LogP) is -0.325. The van der Waals surface area contributed by atoms with Crippen molar-refractivity contribution in [3.8, 4) is 6.07 Å². The van der Waals surface area contributed by atoms with Crippen molar-refractivity contribution in [2.24, 2.45) is 0 Å². The van der Waals surface area contributed by atoms with Gasteiger partial charge in [0.1, 0.15) is 6.04 Å². The number of aryl methyl sites for hydroxylation is 1. The molecule has 80 valence electrons. The maximum atomic E-state index is 8.95. The van der Waals surface area contributed by atoms with Gasteiger partial charge in [-0.05, 0) is 0 Å². The van der Waals surface area contributed by atoms with Gasteiger partial charge in [0.2, 0.25) is 11.8 Å². The number of rotatable bonds is 2. The summed E-state index contributed by atoms with van der Waals surface area (Å²) in [5.74, 6) is 1.14. The van der Waals surface area contributed by atoms with E-state index >= 15 is 0 Å². The summed E-state index contributed by atoms with van der Waals surface area (Å²) in [4.78, 5) is 2.05. The highest BCUT2D eigenvalue weighted by Crippen LogP contribution is 2.08. The molecule has 1 aliphatic rings. The van der Waals surface area contributed by atoms with Crippen LogP contribution >= 0.6 is 0 Å². The molecule has 2 rings (SSSR count). The molecule has 0 aromatic carbocycles. The molecule has 1 aromatic rings. The molecule has 1 unspecified atom stereocenters. The average Bonchev–Trinajstić information content (AvgIpc) is 2.65. The topological polar surface area (TPSA) is 78.0 Å². The minimum Gasteiger partial charge on any atom is -0.424 e. The zero-order valence-corrected chi connectivity index (χ0v) is 8.60. The minimum atomic E-state index is -0.106. The zero-order valence-electron chi connectivity index (χ0n) is 8.60. The molecule has 1 aliphatic heterocycles. The van der Waals surface area contributed by atoms with Crippen LogP contribution in [0.25, 0.3) is 0 Å². The van der Waals surface area contributed by atoms with E-state index in [1.807, 2.05) is 4.90 Å². The minimum absolute atomic E-state index is 0.106. The van der Waals surface area contributed by atoms with Gasteiger partial charge in [-0.25, -0.2) is 0 Å². The van der Waals surface area contributed by atoms with Crippen molar-refractivity contribution in [1.29, 1.82) is 5.26 Å². The van der Waals surface area contributed by atoms with Gasteiger partial charge in [-0.2, -0.15) is 5.26 Å². The van der Waals surface area contributed by atoms with Gasteiger partial charge >= 0.3 is 0 Å². The van der Waals surface area contributed by atoms with Crippen molar-refractivity contribution < 1.29 is 4.42 Å². The quantitative estimate of drug-likeness (QED) is 0.715. The molecule has 1 N–H and O–H groups in total. The average molecular weight is 207 g/mol. The highest BCUT2D eigenvalue weighted by molar-refractivity contribution is 4.97. The highest BCUT2D eigenvalue weighted by Gasteiger charge is 2.23. The van der Waals surface area contributed by atoms with Crippen LogP contribution in [0.5, 0.6) is 0 Å². The summed E-state index contributed by atoms with van der Waals surface area (Å²) in [6.07, 6.45) is 0. The molecule has 6 nitrogen and oxygen atoms in total. The summed E-state index contributed by atoms with van der Waals surface area (Å²) in [5, 5.41) is 19.8. The fraction of sp³-hybridized carbons (Fsp3) is 0.667. The lowest BCUT2D eigenvalue weighted by Crippen LogP contribution is -2.50. The first kappa shape index (κ1) is 10.1. The molecule has 0 aliphatic carbocycles. The summed E-state index contributed by atoms with van der Waals surface area (Å²) in [6, 6.07) is 2.15. The van der Waals surface area contributed by atoms with Crippen LogP contribution < -0.4 is 5.32 Å². The highest BCUT2D eigenvalue weighted by atomic mass is 16.4. The summed E-state index contributed by atoms with van der Waals surface area (Å²) < 4.78 is 5.29. The summed E-state index contributed by atoms with van der Waals surface area (Å²) >= 11 is 0. The molecule has 15 heavy (non-hydrogen) atoms. The first-order valence-corrected chi connectivity index (χ1v) is 4.93. The van der Waals surface area contributed by atoms with Gasteiger partial charge < -0.3 is 9.73 Å². The Hall–Kier alpha value is -1.45. The van der Waals surface area contributed by atoms with Gasteiger partial charge in [-0.3, -0.25) is 4.90 Å². The van der Waals surface area contributed by atoms with Crippen molar-refractivity contribution in [1.82, 2.24) is 20.4 Å². The molecule has 1 atom stereocenters. The molecule has 1 saturated heterocycles. The number of nitriles is 1. The number of nitrogens with one attached hydrogen (secondary N) is 1. The molecule has 1 aromatic heterocycles. The molecule has 1 fully saturated rings. The third-order valence-electron chi connectivity index (χ3n) is 2.41. The molecule has 0 spiro atoms. The lowest BCUT2D eigenvalue weighted by Gasteiger charge is -2.30. The fourth-order valence-corrected chi connectivity index (χ4v) is 1.64. The Morgan fingerprint density at radius 1 is 1.67 bits per heavy atom. The smallest absolute Gasteiger partial charge is 0.230 e. The summed E-state index contributed by atoms with van der Waals surface area (Å²) in [6.45, 7) is 4.74. The van der Waals surface area contributed by atoms with Crippen LogP contribution in [0, 0.1) is 18.3 Å². The second-order valence-corrected chi connectivity index (χ2v) is 3.53. The fourth-order valence-electron chi connectivity index (χ4n) is 1.64. The van der Waals surface area contributed by atoms with Crippen LogP contribution in [-0.2, 0) is 6.54 Å². The lowest BCUT2D eigenvalue weighted by molar-refractivity contribution is 0.172. The molecule has 6 heteroatoms. The monoisotopic (exact) mass is 207 g/mol. The Labute approximate surface area is 87.9 Å². The van der Waals surface area contributed by atoms with E-state index in [2.05, 4.69) is 21.6 Å². The SMILES string of the molecule is Cc1nnc(CN2CCNCC2C#N)o1. The van der Waals surface area contributed by atoms with Gasteiger partial charge in [-0.1, -0.05) is 0 Å². The zero-order chi connectivity index (χ0) is 10.7. The van der Waals surface area contributed by atoms with E-state index < -0.39 is 0 Å². The van der Waals surface area contributed by atoms with E-state index in [0.717, 1.165) is 13.1 Å². The van der Waals surface area contributed by atoms with Crippen molar-refractivity contribution >= 4 is 0 Å². The van der Waals surface area contributed by atoms with Crippen LogP contribution in [0.2, 0.25) is 0 Å². The van der Waals surface area contributed by atoms with Crippen LogP contribution in [0.4, 0.5) is 0 Å². The van der Waals surface area contributed by atoms with Crippen molar-refractivity contribution in [2.45, 2.75) is 19.5 Å². The van der Waals surface area contributed by atoms with Gasteiger partial charge in [0, 0.05) is 26.6 Å². The maximum Gasteiger partial charge on any atom is 0.230 e. The number of hydrogen-bond acceptors (Lipinski definition) is 6. The van der Waals surface area contributed by atoms with Gasteiger partial charge in [0.05, 0.1) is 12.6 Å². The largest absolute Gasteiger partial charge is 0.424 e. The van der Waals surface area contributed by atoms with Crippen molar-refractivity contribution in [2.75, 3.05) is 19.6 Å². The molecule has 2 heterocycles. The molecular formula is C9H13N5O. The third-order valence-corrected chi connectivity index (χ3v) is 2.41. The molecular weight excluding hydrogens is 194 g/mol. The number of piperazine rings is 1. The number of aromatic nitrogens is 2. The van der Waals surface area contributed by atoms with Crippen LogP contribution in [0.3, 0.4) is 0 Å². The standard InChI is InChI=1S/C9H13N5O/c1-7-12-13-9(15-7)6-14-3-2-11-5-8(14)4-10/h8,11H,2-3,5-6H2,1H3. The van der Waals surface area contributed by atoms with Crippen LogP contribution in [-0.4, -0.2) is 40.8 Å². The third kappa shape index (κ3) is 2.32. The first-order valence-electron chi connectivity index (χ1n) is 4.93. The second-order valence-electron chi connectivity index (χ2n) is 3.53. The summed E-state index contributed by atoms with van der Waals surface area (Å²) in [5.41, 5.74) is 0. The first-order chi connectivity index (χ1) is 7.29. The van der Waals surface area contributed by atoms with E-state index in [1.165, 1.54) is 0 Å². The Morgan fingerprint density at radius 3 is 3.20 bits per heavy atom. The second kappa shape index (κ2) is 4.38. The van der Waals surface area contributed by atoms with Crippen LogP contribution in [0.15, 0.2) is 4.42 Å². The van der Waals surface area contributed by atoms with Gasteiger partial charge in [0.15, 0.2) is 0 Å². The number of hydrogen-bond donors (Lipinski definition) is 1. The lowest BCUT2D eigenvalue weighted by atomic mass is 10.2. The maximum absolute atomic E-state index is 8.95. The Kier molecular flexibility index (Phi) is 2.94. The molecule has 0 saturated carbocycles. The van der Waals surface area contributed by atoms with E-state index in [0.29, 0.717) is 24.9 Å². The van der Waals surface area contributed by atoms with E-state index in [1.54, 1.807) is 6.92 Å². The Balaban J connectivity index is 2.01. The molecule has 0 bridgehead atoms. The Morgan fingerprint density at radius 2 is 2.53 bits per heavy atom. The van der Waals surface area contributed by atoms with Crippen LogP contribution in [0.1, 0.15) is 11.8 Å². The van der Waals surface area contributed by atoms with Gasteiger partial charge in [0.25, 0.3) is 0 Å². The normalized spacial score (nSPS) is 22.5. The number of nitrogens with zero attached hydrogens (tertiary/aromatic N) is 4. The van der Waals surface area contributed by atoms with Crippen molar-refractivity contribution in [3.05, 3.63) is 11.8 Å². The molecule has 0 radical (unpaired) electrons. The summed E-state index contributed by atoms with van der Waals surface area (Å²) in [7, 11) is 0. The van der Waals surface area contributed by atoms with E-state index in [4.69, 9.17) is 9.68 Å². The van der Waals surface area contributed by atoms with Gasteiger partial charge in [-0.15, -0.1) is 10.2 Å². The predicted molar refractivity (Wildman–Crippen MR) is 51.7 cm³/mol. The van der Waals surface area contributed by atoms with E-state index in [-0.39, 0.29) is 6.04 Å².